The molecule has 1 saturated heterocycles. The third-order valence-corrected chi connectivity index (χ3v) is 5.22. The van der Waals surface area contributed by atoms with Gasteiger partial charge in [-0.25, -0.2) is 0 Å². The molecule has 1 fully saturated rings. The number of likely N-dealkylation sites (tertiary alicyclic amines) is 1. The number of benzene rings is 1. The van der Waals surface area contributed by atoms with Gasteiger partial charge in [0.15, 0.2) is 5.96 Å². The van der Waals surface area contributed by atoms with Crippen LogP contribution in [0, 0.1) is 5.92 Å². The van der Waals surface area contributed by atoms with Gasteiger partial charge in [0.1, 0.15) is 0 Å². The summed E-state index contributed by atoms with van der Waals surface area (Å²) in [6, 6.07) is 10.7. The summed E-state index contributed by atoms with van der Waals surface area (Å²) in [5.74, 6) is 0.837. The Morgan fingerprint density at radius 1 is 1.10 bits per heavy atom. The molecule has 0 atom stereocenters. The molecule has 0 spiro atoms. The van der Waals surface area contributed by atoms with Gasteiger partial charge in [0.2, 0.25) is 5.91 Å². The molecule has 1 aliphatic rings. The number of ether oxygens (including phenoxy) is 1. The van der Waals surface area contributed by atoms with Gasteiger partial charge in [0.25, 0.3) is 0 Å². The molecule has 1 aromatic carbocycles. The van der Waals surface area contributed by atoms with Gasteiger partial charge in [-0.15, -0.1) is 24.0 Å². The number of hydrogen-bond acceptors (Lipinski definition) is 4. The van der Waals surface area contributed by atoms with Crippen LogP contribution in [-0.2, 0) is 16.1 Å². The number of carbonyl (C=O) groups is 1. The highest BCUT2D eigenvalue weighted by molar-refractivity contribution is 14.0. The number of nitrogens with one attached hydrogen (secondary N) is 3. The first-order valence-electron chi connectivity index (χ1n) is 11.2. The molecule has 0 unspecified atom stereocenters. The summed E-state index contributed by atoms with van der Waals surface area (Å²) in [4.78, 5) is 18.2. The summed E-state index contributed by atoms with van der Waals surface area (Å²) >= 11 is 0. The van der Waals surface area contributed by atoms with E-state index in [2.05, 4.69) is 56.2 Å². The zero-order chi connectivity index (χ0) is 21.6. The zero-order valence-electron chi connectivity index (χ0n) is 19.2. The van der Waals surface area contributed by atoms with E-state index in [0.717, 1.165) is 58.0 Å². The molecule has 0 aromatic heterocycles. The zero-order valence-corrected chi connectivity index (χ0v) is 21.6. The molecule has 1 amide bonds. The Kier molecular flexibility index (Phi) is 14.5. The van der Waals surface area contributed by atoms with Crippen LogP contribution in [0.1, 0.15) is 38.7 Å². The summed E-state index contributed by atoms with van der Waals surface area (Å²) in [6.45, 7) is 9.82. The van der Waals surface area contributed by atoms with Gasteiger partial charge in [-0.3, -0.25) is 14.7 Å². The van der Waals surface area contributed by atoms with E-state index in [1.165, 1.54) is 5.56 Å². The van der Waals surface area contributed by atoms with Crippen molar-refractivity contribution in [3.05, 3.63) is 35.9 Å². The molecule has 0 radical (unpaired) electrons. The maximum absolute atomic E-state index is 11.5. The van der Waals surface area contributed by atoms with Gasteiger partial charge >= 0.3 is 0 Å². The van der Waals surface area contributed by atoms with Gasteiger partial charge < -0.3 is 20.7 Å². The summed E-state index contributed by atoms with van der Waals surface area (Å²) in [5.41, 5.74) is 1.38. The van der Waals surface area contributed by atoms with E-state index in [1.807, 2.05) is 13.8 Å². The van der Waals surface area contributed by atoms with Crippen molar-refractivity contribution in [2.45, 2.75) is 45.8 Å². The van der Waals surface area contributed by atoms with Crippen LogP contribution in [0.4, 0.5) is 0 Å². The fraction of sp³-hybridized carbons (Fsp3) is 0.652. The van der Waals surface area contributed by atoms with E-state index < -0.39 is 0 Å². The quantitative estimate of drug-likeness (QED) is 0.173. The van der Waals surface area contributed by atoms with Crippen LogP contribution >= 0.6 is 24.0 Å². The van der Waals surface area contributed by atoms with Crippen molar-refractivity contribution in [3.8, 4) is 0 Å². The number of guanidine groups is 1. The highest BCUT2D eigenvalue weighted by Gasteiger charge is 2.19. The average molecular weight is 546 g/mol. The number of halogens is 1. The molecule has 8 heteroatoms. The number of aliphatic imine (C=N–C) groups is 1. The van der Waals surface area contributed by atoms with Crippen molar-refractivity contribution in [1.29, 1.82) is 0 Å². The topological polar surface area (TPSA) is 78.0 Å². The molecule has 1 aromatic rings. The standard InChI is InChI=1S/C23H39N5O2.HI/c1-19(2)22(29)25-13-14-27-23(24-3)26-12-7-17-30-21-10-15-28(16-11-21)18-20-8-5-4-6-9-20;/h4-6,8-9,19,21H,7,10-18H2,1-3H3,(H,25,29)(H2,24,26,27);1H. The molecule has 7 nitrogen and oxygen atoms in total. The smallest absolute Gasteiger partial charge is 0.222 e. The minimum Gasteiger partial charge on any atom is -0.378 e. The molecule has 3 N–H and O–H groups in total. The number of rotatable bonds is 11. The fourth-order valence-electron chi connectivity index (χ4n) is 3.40. The van der Waals surface area contributed by atoms with Crippen molar-refractivity contribution in [2.24, 2.45) is 10.9 Å². The third-order valence-electron chi connectivity index (χ3n) is 5.22. The molecular weight excluding hydrogens is 505 g/mol. The summed E-state index contributed by atoms with van der Waals surface area (Å²) < 4.78 is 6.07. The highest BCUT2D eigenvalue weighted by atomic mass is 127. The molecule has 1 aliphatic heterocycles. The number of hydrogen-bond donors (Lipinski definition) is 3. The van der Waals surface area contributed by atoms with E-state index in [4.69, 9.17) is 4.74 Å². The maximum atomic E-state index is 11.5. The van der Waals surface area contributed by atoms with Gasteiger partial charge in [0, 0.05) is 58.8 Å². The van der Waals surface area contributed by atoms with Crippen LogP contribution in [0.2, 0.25) is 0 Å². The van der Waals surface area contributed by atoms with Crippen molar-refractivity contribution in [3.63, 3.8) is 0 Å². The second-order valence-corrected chi connectivity index (χ2v) is 8.06. The number of amides is 1. The Balaban J connectivity index is 0.00000480. The predicted molar refractivity (Wildman–Crippen MR) is 138 cm³/mol. The van der Waals surface area contributed by atoms with Gasteiger partial charge in [-0.1, -0.05) is 44.2 Å². The van der Waals surface area contributed by atoms with Crippen LogP contribution in [-0.4, -0.2) is 69.2 Å². The lowest BCUT2D eigenvalue weighted by molar-refractivity contribution is -0.123. The Morgan fingerprint density at radius 3 is 2.39 bits per heavy atom. The van der Waals surface area contributed by atoms with Gasteiger partial charge in [0.05, 0.1) is 6.10 Å². The van der Waals surface area contributed by atoms with Crippen LogP contribution in [0.25, 0.3) is 0 Å². The van der Waals surface area contributed by atoms with Crippen molar-refractivity contribution >= 4 is 35.8 Å². The normalized spacial score (nSPS) is 15.4. The first-order valence-corrected chi connectivity index (χ1v) is 11.2. The highest BCUT2D eigenvalue weighted by Crippen LogP contribution is 2.16. The van der Waals surface area contributed by atoms with Crippen LogP contribution in [0.3, 0.4) is 0 Å². The minimum absolute atomic E-state index is 0. The fourth-order valence-corrected chi connectivity index (χ4v) is 3.40. The summed E-state index contributed by atoms with van der Waals surface area (Å²) in [7, 11) is 1.75. The van der Waals surface area contributed by atoms with Crippen LogP contribution < -0.4 is 16.0 Å². The Labute approximate surface area is 204 Å². The van der Waals surface area contributed by atoms with E-state index in [0.29, 0.717) is 19.2 Å². The Bertz CT molecular complexity index is 634. The van der Waals surface area contributed by atoms with Crippen LogP contribution in [0.5, 0.6) is 0 Å². The number of nitrogens with zero attached hydrogens (tertiary/aromatic N) is 2. The van der Waals surface area contributed by atoms with Crippen LogP contribution in [0.15, 0.2) is 35.3 Å². The van der Waals surface area contributed by atoms with E-state index in [1.54, 1.807) is 7.05 Å². The summed E-state index contributed by atoms with van der Waals surface area (Å²) in [5, 5.41) is 9.38. The number of carbonyl (C=O) groups excluding carboxylic acids is 1. The minimum atomic E-state index is 0. The first-order chi connectivity index (χ1) is 14.6. The van der Waals surface area contributed by atoms with E-state index >= 15 is 0 Å². The van der Waals surface area contributed by atoms with Crippen molar-refractivity contribution < 1.29 is 9.53 Å². The maximum Gasteiger partial charge on any atom is 0.222 e. The lowest BCUT2D eigenvalue weighted by Gasteiger charge is -2.32. The average Bonchev–Trinajstić information content (AvgIpc) is 2.76. The molecule has 2 rings (SSSR count). The van der Waals surface area contributed by atoms with Gasteiger partial charge in [-0.2, -0.15) is 0 Å². The van der Waals surface area contributed by atoms with Crippen molar-refractivity contribution in [2.75, 3.05) is 46.4 Å². The molecule has 1 heterocycles. The SMILES string of the molecule is CN=C(NCCCOC1CCN(Cc2ccccc2)CC1)NCCNC(=O)C(C)C.I. The molecule has 176 valence electrons. The third kappa shape index (κ3) is 11.7. The molecular formula is C23H40IN5O2. The second kappa shape index (κ2) is 16.3. The summed E-state index contributed by atoms with van der Waals surface area (Å²) in [6.07, 6.45) is 3.52. The lowest BCUT2D eigenvalue weighted by Crippen LogP contribution is -2.42. The Morgan fingerprint density at radius 2 is 1.74 bits per heavy atom. The van der Waals surface area contributed by atoms with E-state index in [9.17, 15) is 4.79 Å². The molecule has 0 aliphatic carbocycles. The second-order valence-electron chi connectivity index (χ2n) is 8.06. The van der Waals surface area contributed by atoms with Crippen molar-refractivity contribution in [1.82, 2.24) is 20.9 Å². The predicted octanol–water partition coefficient (Wildman–Crippen LogP) is 2.61. The molecule has 0 saturated carbocycles. The monoisotopic (exact) mass is 545 g/mol. The van der Waals surface area contributed by atoms with E-state index in [-0.39, 0.29) is 35.8 Å². The molecule has 0 bridgehead atoms. The Hall–Kier alpha value is -1.39. The largest absolute Gasteiger partial charge is 0.378 e. The lowest BCUT2D eigenvalue weighted by atomic mass is 10.1. The molecule has 31 heavy (non-hydrogen) atoms. The number of piperidine rings is 1. The first kappa shape index (κ1) is 27.6. The van der Waals surface area contributed by atoms with Gasteiger partial charge in [-0.05, 0) is 24.8 Å².